The van der Waals surface area contributed by atoms with E-state index in [-0.39, 0.29) is 5.91 Å². The molecule has 0 fully saturated rings. The first-order valence-electron chi connectivity index (χ1n) is 7.09. The minimum Gasteiger partial charge on any atom is -0.272 e. The highest BCUT2D eigenvalue weighted by molar-refractivity contribution is 5.95. The summed E-state index contributed by atoms with van der Waals surface area (Å²) in [7, 11) is 0. The Morgan fingerprint density at radius 2 is 2.04 bits per heavy atom. The highest BCUT2D eigenvalue weighted by Gasteiger charge is 2.16. The fourth-order valence-corrected chi connectivity index (χ4v) is 2.17. The van der Waals surface area contributed by atoms with Gasteiger partial charge in [-0.3, -0.25) is 14.9 Å². The third-order valence-electron chi connectivity index (χ3n) is 3.35. The van der Waals surface area contributed by atoms with Gasteiger partial charge in [-0.1, -0.05) is 36.4 Å². The van der Waals surface area contributed by atoms with Gasteiger partial charge in [0.15, 0.2) is 0 Å². The Morgan fingerprint density at radius 1 is 1.22 bits per heavy atom. The molecule has 0 aliphatic rings. The third kappa shape index (κ3) is 3.32. The van der Waals surface area contributed by atoms with E-state index in [2.05, 4.69) is 25.7 Å². The molecule has 0 aliphatic heterocycles. The van der Waals surface area contributed by atoms with Gasteiger partial charge in [0.1, 0.15) is 5.69 Å². The third-order valence-corrected chi connectivity index (χ3v) is 3.35. The quantitative estimate of drug-likeness (QED) is 0.574. The van der Waals surface area contributed by atoms with Crippen LogP contribution in [0, 0.1) is 6.92 Å². The summed E-state index contributed by atoms with van der Waals surface area (Å²) >= 11 is 0. The van der Waals surface area contributed by atoms with Crippen LogP contribution in [0.3, 0.4) is 0 Å². The Kier molecular flexibility index (Phi) is 4.24. The predicted octanol–water partition coefficient (Wildman–Crippen LogP) is 2.54. The Balaban J connectivity index is 1.74. The van der Waals surface area contributed by atoms with E-state index in [9.17, 15) is 4.79 Å². The summed E-state index contributed by atoms with van der Waals surface area (Å²) in [5.41, 5.74) is 6.18. The topological polar surface area (TPSA) is 83.0 Å². The Hall–Kier alpha value is -3.28. The first-order valence-corrected chi connectivity index (χ1v) is 7.09. The lowest BCUT2D eigenvalue weighted by molar-refractivity contribution is 0.0949. The van der Waals surface area contributed by atoms with Crippen molar-refractivity contribution in [3.63, 3.8) is 0 Å². The number of nitrogens with zero attached hydrogens (tertiary/aromatic N) is 3. The van der Waals surface area contributed by atoms with Gasteiger partial charge in [-0.25, -0.2) is 5.43 Å². The molecule has 3 aromatic rings. The summed E-state index contributed by atoms with van der Waals surface area (Å²) in [6, 6.07) is 13.3. The van der Waals surface area contributed by atoms with Crippen LogP contribution in [0.25, 0.3) is 11.3 Å². The van der Waals surface area contributed by atoms with Crippen LogP contribution in [0.4, 0.5) is 0 Å². The van der Waals surface area contributed by atoms with E-state index in [1.807, 2.05) is 43.3 Å². The van der Waals surface area contributed by atoms with Gasteiger partial charge >= 0.3 is 0 Å². The molecule has 114 valence electrons. The number of aromatic amines is 1. The number of aromatic nitrogens is 3. The van der Waals surface area contributed by atoms with Crippen molar-refractivity contribution in [3.05, 3.63) is 71.7 Å². The number of rotatable bonds is 4. The molecule has 1 amide bonds. The molecule has 1 aromatic carbocycles. The Morgan fingerprint density at radius 3 is 2.78 bits per heavy atom. The van der Waals surface area contributed by atoms with Crippen molar-refractivity contribution in [2.75, 3.05) is 0 Å². The molecular formula is C17H15N5O. The van der Waals surface area contributed by atoms with Crippen LogP contribution in [0.15, 0.2) is 60.0 Å². The van der Waals surface area contributed by atoms with Crippen molar-refractivity contribution in [2.24, 2.45) is 5.10 Å². The van der Waals surface area contributed by atoms with Gasteiger partial charge in [0, 0.05) is 29.1 Å². The van der Waals surface area contributed by atoms with Crippen molar-refractivity contribution < 1.29 is 4.79 Å². The molecule has 0 unspecified atom stereocenters. The number of hydrogen-bond acceptors (Lipinski definition) is 4. The maximum atomic E-state index is 12.2. The second-order valence-corrected chi connectivity index (χ2v) is 4.92. The molecular weight excluding hydrogens is 290 g/mol. The molecule has 0 aliphatic carbocycles. The van der Waals surface area contributed by atoms with Crippen molar-refractivity contribution in [1.82, 2.24) is 20.6 Å². The SMILES string of the molecule is Cc1c(-c2ccccc2)n[nH]c1C(=O)N/N=C/c1cccnc1. The monoisotopic (exact) mass is 305 g/mol. The zero-order valence-corrected chi connectivity index (χ0v) is 12.5. The number of carbonyl (C=O) groups is 1. The highest BCUT2D eigenvalue weighted by Crippen LogP contribution is 2.22. The first-order chi connectivity index (χ1) is 11.3. The second kappa shape index (κ2) is 6.65. The van der Waals surface area contributed by atoms with Crippen LogP contribution in [0.1, 0.15) is 21.6 Å². The summed E-state index contributed by atoms with van der Waals surface area (Å²) in [6.45, 7) is 1.85. The summed E-state index contributed by atoms with van der Waals surface area (Å²) in [5, 5.41) is 10.9. The lowest BCUT2D eigenvalue weighted by Gasteiger charge is -2.00. The number of hydrogen-bond donors (Lipinski definition) is 2. The summed E-state index contributed by atoms with van der Waals surface area (Å²) < 4.78 is 0. The summed E-state index contributed by atoms with van der Waals surface area (Å²) in [5.74, 6) is -0.336. The van der Waals surface area contributed by atoms with Crippen molar-refractivity contribution in [1.29, 1.82) is 0 Å². The molecule has 2 N–H and O–H groups in total. The number of carbonyl (C=O) groups excluding carboxylic acids is 1. The molecule has 0 saturated heterocycles. The van der Waals surface area contributed by atoms with Crippen LogP contribution in [-0.2, 0) is 0 Å². The minimum absolute atomic E-state index is 0.336. The average molecular weight is 305 g/mol. The van der Waals surface area contributed by atoms with Gasteiger partial charge < -0.3 is 0 Å². The molecule has 0 saturated carbocycles. The van der Waals surface area contributed by atoms with Gasteiger partial charge in [0.25, 0.3) is 5.91 Å². The van der Waals surface area contributed by atoms with Gasteiger partial charge in [-0.05, 0) is 13.0 Å². The molecule has 3 rings (SSSR count). The molecule has 0 atom stereocenters. The molecule has 23 heavy (non-hydrogen) atoms. The van der Waals surface area contributed by atoms with E-state index >= 15 is 0 Å². The van der Waals surface area contributed by atoms with Crippen molar-refractivity contribution >= 4 is 12.1 Å². The molecule has 0 bridgehead atoms. The fourth-order valence-electron chi connectivity index (χ4n) is 2.17. The standard InChI is InChI=1S/C17H15N5O/c1-12-15(14-7-3-2-4-8-14)20-21-16(12)17(23)22-19-11-13-6-5-9-18-10-13/h2-11H,1H3,(H,20,21)(H,22,23)/b19-11+. The number of amides is 1. The van der Waals surface area contributed by atoms with Gasteiger partial charge in [-0.2, -0.15) is 10.2 Å². The number of H-pyrrole nitrogens is 1. The zero-order valence-electron chi connectivity index (χ0n) is 12.5. The molecule has 0 spiro atoms. The normalized spacial score (nSPS) is 10.8. The van der Waals surface area contributed by atoms with Crippen LogP contribution >= 0.6 is 0 Å². The lowest BCUT2D eigenvalue weighted by Crippen LogP contribution is -2.19. The van der Waals surface area contributed by atoms with Gasteiger partial charge in [0.05, 0.1) is 11.9 Å². The van der Waals surface area contributed by atoms with Crippen molar-refractivity contribution in [3.8, 4) is 11.3 Å². The van der Waals surface area contributed by atoms with E-state index in [0.29, 0.717) is 5.69 Å². The number of benzene rings is 1. The maximum absolute atomic E-state index is 12.2. The average Bonchev–Trinajstić information content (AvgIpc) is 2.98. The van der Waals surface area contributed by atoms with E-state index in [1.165, 1.54) is 6.21 Å². The smallest absolute Gasteiger partial charge is 0.272 e. The van der Waals surface area contributed by atoms with Crippen LogP contribution in [-0.4, -0.2) is 27.3 Å². The van der Waals surface area contributed by atoms with E-state index in [0.717, 1.165) is 22.4 Å². The zero-order chi connectivity index (χ0) is 16.1. The molecule has 6 heteroatoms. The number of nitrogens with one attached hydrogen (secondary N) is 2. The number of hydrazone groups is 1. The maximum Gasteiger partial charge on any atom is 0.289 e. The minimum atomic E-state index is -0.336. The van der Waals surface area contributed by atoms with Gasteiger partial charge in [0.2, 0.25) is 0 Å². The lowest BCUT2D eigenvalue weighted by atomic mass is 10.1. The summed E-state index contributed by atoms with van der Waals surface area (Å²) in [4.78, 5) is 16.2. The largest absolute Gasteiger partial charge is 0.289 e. The van der Waals surface area contributed by atoms with E-state index in [4.69, 9.17) is 0 Å². The second-order valence-electron chi connectivity index (χ2n) is 4.92. The Labute approximate surface area is 133 Å². The fraction of sp³-hybridized carbons (Fsp3) is 0.0588. The predicted molar refractivity (Wildman–Crippen MR) is 88.1 cm³/mol. The van der Waals surface area contributed by atoms with E-state index in [1.54, 1.807) is 18.5 Å². The van der Waals surface area contributed by atoms with Crippen LogP contribution in [0.2, 0.25) is 0 Å². The molecule has 2 aromatic heterocycles. The van der Waals surface area contributed by atoms with Crippen LogP contribution < -0.4 is 5.43 Å². The van der Waals surface area contributed by atoms with Crippen molar-refractivity contribution in [2.45, 2.75) is 6.92 Å². The molecule has 2 heterocycles. The highest BCUT2D eigenvalue weighted by atomic mass is 16.2. The first kappa shape index (κ1) is 14.6. The Bertz CT molecular complexity index is 825. The van der Waals surface area contributed by atoms with Gasteiger partial charge in [-0.15, -0.1) is 0 Å². The van der Waals surface area contributed by atoms with Crippen LogP contribution in [0.5, 0.6) is 0 Å². The molecule has 6 nitrogen and oxygen atoms in total. The summed E-state index contributed by atoms with van der Waals surface area (Å²) in [6.07, 6.45) is 4.87. The molecule has 0 radical (unpaired) electrons. The van der Waals surface area contributed by atoms with E-state index < -0.39 is 0 Å². The number of pyridine rings is 1.